The summed E-state index contributed by atoms with van der Waals surface area (Å²) in [5.74, 6) is -0.0552. The maximum absolute atomic E-state index is 13.6. The molecule has 1 aromatic heterocycles. The summed E-state index contributed by atoms with van der Waals surface area (Å²) in [5.41, 5.74) is 1.89. The molecule has 4 rings (SSSR count). The second-order valence-electron chi connectivity index (χ2n) is 7.46. The van der Waals surface area contributed by atoms with Gasteiger partial charge in [0.05, 0.1) is 26.2 Å². The zero-order valence-electron chi connectivity index (χ0n) is 18.7. The zero-order chi connectivity index (χ0) is 23.5. The van der Waals surface area contributed by atoms with Crippen LogP contribution >= 0.6 is 11.3 Å². The number of benzene rings is 2. The highest BCUT2D eigenvalue weighted by Gasteiger charge is 2.43. The van der Waals surface area contributed by atoms with Crippen molar-refractivity contribution < 1.29 is 23.8 Å². The minimum absolute atomic E-state index is 0.160. The number of carbonyl (C=O) groups excluding carboxylic acids is 2. The van der Waals surface area contributed by atoms with E-state index < -0.39 is 12.0 Å². The van der Waals surface area contributed by atoms with Crippen LogP contribution in [-0.4, -0.2) is 55.3 Å². The van der Waals surface area contributed by atoms with Crippen molar-refractivity contribution in [1.82, 2.24) is 15.1 Å². The van der Waals surface area contributed by atoms with E-state index in [4.69, 9.17) is 14.2 Å². The smallest absolute Gasteiger partial charge is 0.254 e. The molecule has 33 heavy (non-hydrogen) atoms. The van der Waals surface area contributed by atoms with Gasteiger partial charge in [-0.05, 0) is 29.3 Å². The van der Waals surface area contributed by atoms with Gasteiger partial charge in [0.2, 0.25) is 11.0 Å². The topological polar surface area (TPSA) is 103 Å². The highest BCUT2D eigenvalue weighted by Crippen LogP contribution is 2.44. The first-order chi connectivity index (χ1) is 16.0. The molecule has 1 aliphatic rings. The van der Waals surface area contributed by atoms with Crippen LogP contribution in [0.5, 0.6) is 11.5 Å². The number of likely N-dealkylation sites (N-methyl/N-ethyl adjacent to an activating group) is 1. The van der Waals surface area contributed by atoms with Gasteiger partial charge in [-0.15, -0.1) is 10.2 Å². The summed E-state index contributed by atoms with van der Waals surface area (Å²) < 4.78 is 15.9. The van der Waals surface area contributed by atoms with E-state index in [0.717, 1.165) is 5.56 Å². The molecule has 2 aromatic carbocycles. The summed E-state index contributed by atoms with van der Waals surface area (Å²) in [6.45, 7) is 0.311. The van der Waals surface area contributed by atoms with Crippen LogP contribution in [0.2, 0.25) is 0 Å². The van der Waals surface area contributed by atoms with Crippen molar-refractivity contribution in [3.05, 3.63) is 64.2 Å². The number of carbonyl (C=O) groups is 2. The molecule has 172 valence electrons. The summed E-state index contributed by atoms with van der Waals surface area (Å²) in [7, 11) is 6.37. The second-order valence-corrected chi connectivity index (χ2v) is 8.53. The average molecular weight is 469 g/mol. The van der Waals surface area contributed by atoms with Crippen LogP contribution < -0.4 is 14.8 Å². The minimum Gasteiger partial charge on any atom is -0.493 e. The van der Waals surface area contributed by atoms with Crippen molar-refractivity contribution in [2.24, 2.45) is 0 Å². The van der Waals surface area contributed by atoms with Gasteiger partial charge in [0.15, 0.2) is 11.5 Å². The summed E-state index contributed by atoms with van der Waals surface area (Å²) in [6, 6.07) is 12.0. The summed E-state index contributed by atoms with van der Waals surface area (Å²) in [6.07, 6.45) is 0. The fourth-order valence-corrected chi connectivity index (χ4v) is 4.79. The van der Waals surface area contributed by atoms with E-state index >= 15 is 0 Å². The van der Waals surface area contributed by atoms with E-state index in [9.17, 15) is 9.59 Å². The van der Waals surface area contributed by atoms with Crippen molar-refractivity contribution in [3.8, 4) is 11.5 Å². The molecule has 9 nitrogen and oxygen atoms in total. The molecule has 2 unspecified atom stereocenters. The molecular weight excluding hydrogens is 444 g/mol. The van der Waals surface area contributed by atoms with Gasteiger partial charge in [0.25, 0.3) is 5.91 Å². The van der Waals surface area contributed by atoms with Crippen LogP contribution in [0.4, 0.5) is 5.13 Å². The number of aromatic nitrogens is 2. The second kappa shape index (κ2) is 9.55. The Morgan fingerprint density at radius 2 is 1.85 bits per heavy atom. The third kappa shape index (κ3) is 4.27. The Bertz CT molecular complexity index is 1180. The van der Waals surface area contributed by atoms with E-state index in [-0.39, 0.29) is 11.8 Å². The normalized spacial score (nSPS) is 17.5. The van der Waals surface area contributed by atoms with Crippen LogP contribution in [0.1, 0.15) is 38.5 Å². The first-order valence-electron chi connectivity index (χ1n) is 10.2. The predicted octanol–water partition coefficient (Wildman–Crippen LogP) is 3.25. The van der Waals surface area contributed by atoms with Crippen LogP contribution in [0.25, 0.3) is 0 Å². The molecule has 0 aliphatic carbocycles. The Kier molecular flexibility index (Phi) is 6.57. The first kappa shape index (κ1) is 22.7. The van der Waals surface area contributed by atoms with E-state index in [0.29, 0.717) is 39.4 Å². The van der Waals surface area contributed by atoms with Crippen LogP contribution in [-0.2, 0) is 16.1 Å². The summed E-state index contributed by atoms with van der Waals surface area (Å²) >= 11 is 1.24. The van der Waals surface area contributed by atoms with E-state index in [2.05, 4.69) is 15.5 Å². The number of anilines is 1. The van der Waals surface area contributed by atoms with Crippen molar-refractivity contribution in [1.29, 1.82) is 0 Å². The number of rotatable bonds is 7. The molecule has 10 heteroatoms. The fraction of sp³-hybridized carbons (Fsp3) is 0.304. The lowest BCUT2D eigenvalue weighted by molar-refractivity contribution is -0.119. The Labute approximate surface area is 195 Å². The van der Waals surface area contributed by atoms with Gasteiger partial charge in [0.1, 0.15) is 11.6 Å². The maximum atomic E-state index is 13.6. The molecule has 0 radical (unpaired) electrons. The molecular formula is C23H24N4O5S. The molecule has 3 aromatic rings. The third-order valence-corrected chi connectivity index (χ3v) is 6.39. The number of nitrogens with zero attached hydrogens (tertiary/aromatic N) is 3. The number of methoxy groups -OCH3 is 3. The van der Waals surface area contributed by atoms with Gasteiger partial charge in [0, 0.05) is 19.7 Å². The van der Waals surface area contributed by atoms with E-state index in [1.165, 1.54) is 11.3 Å². The molecule has 0 bridgehead atoms. The predicted molar refractivity (Wildman–Crippen MR) is 123 cm³/mol. The van der Waals surface area contributed by atoms with Gasteiger partial charge in [-0.2, -0.15) is 0 Å². The number of amides is 2. The monoisotopic (exact) mass is 468 g/mol. The molecule has 2 amide bonds. The highest BCUT2D eigenvalue weighted by molar-refractivity contribution is 7.15. The summed E-state index contributed by atoms with van der Waals surface area (Å²) in [5, 5.41) is 12.0. The Hall–Kier alpha value is -3.50. The first-order valence-corrected chi connectivity index (χ1v) is 11.0. The molecule has 1 aliphatic heterocycles. The molecule has 0 fully saturated rings. The third-order valence-electron chi connectivity index (χ3n) is 5.58. The zero-order valence-corrected chi connectivity index (χ0v) is 19.5. The minimum atomic E-state index is -0.684. The van der Waals surface area contributed by atoms with Gasteiger partial charge in [-0.25, -0.2) is 0 Å². The van der Waals surface area contributed by atoms with Crippen LogP contribution in [0, 0.1) is 0 Å². The average Bonchev–Trinajstić information content (AvgIpc) is 3.27. The lowest BCUT2D eigenvalue weighted by Crippen LogP contribution is -2.44. The van der Waals surface area contributed by atoms with Gasteiger partial charge < -0.3 is 19.1 Å². The Balaban J connectivity index is 1.78. The van der Waals surface area contributed by atoms with Gasteiger partial charge in [-0.3, -0.25) is 14.9 Å². The van der Waals surface area contributed by atoms with Crippen LogP contribution in [0.15, 0.2) is 42.5 Å². The molecule has 0 spiro atoms. The largest absolute Gasteiger partial charge is 0.493 e. The standard InChI is InChI=1S/C23H24N4O5S/c1-27-20(13-9-10-16(31-3)17(11-13)32-4)19(14-7-5-6-8-15(14)22(27)29)21(28)24-23-26-25-18(33-23)12-30-2/h5-11,19-20H,12H2,1-4H3,(H,24,26,28). The SMILES string of the molecule is COCc1nnc(NC(=O)C2c3ccccc3C(=O)N(C)C2c2ccc(OC)c(OC)c2)s1. The van der Waals surface area contributed by atoms with Crippen molar-refractivity contribution in [3.63, 3.8) is 0 Å². The fourth-order valence-electron chi connectivity index (χ4n) is 4.08. The maximum Gasteiger partial charge on any atom is 0.254 e. The number of hydrogen-bond acceptors (Lipinski definition) is 8. The molecule has 0 saturated carbocycles. The van der Waals surface area contributed by atoms with Crippen molar-refractivity contribution in [2.45, 2.75) is 18.6 Å². The quantitative estimate of drug-likeness (QED) is 0.568. The number of fused-ring (bicyclic) bond motifs is 1. The number of nitrogens with one attached hydrogen (secondary N) is 1. The van der Waals surface area contributed by atoms with Crippen molar-refractivity contribution >= 4 is 28.3 Å². The molecule has 2 atom stereocenters. The van der Waals surface area contributed by atoms with Crippen molar-refractivity contribution in [2.75, 3.05) is 33.7 Å². The lowest BCUT2D eigenvalue weighted by atomic mass is 9.79. The van der Waals surface area contributed by atoms with Gasteiger partial charge in [-0.1, -0.05) is 35.6 Å². The van der Waals surface area contributed by atoms with E-state index in [1.807, 2.05) is 18.2 Å². The molecule has 0 saturated heterocycles. The van der Waals surface area contributed by atoms with Gasteiger partial charge >= 0.3 is 0 Å². The lowest BCUT2D eigenvalue weighted by Gasteiger charge is -2.39. The number of hydrogen-bond donors (Lipinski definition) is 1. The highest BCUT2D eigenvalue weighted by atomic mass is 32.1. The number of ether oxygens (including phenoxy) is 3. The van der Waals surface area contributed by atoms with E-state index in [1.54, 1.807) is 57.5 Å². The molecule has 2 heterocycles. The molecule has 1 N–H and O–H groups in total. The summed E-state index contributed by atoms with van der Waals surface area (Å²) in [4.78, 5) is 28.4. The Morgan fingerprint density at radius 3 is 2.58 bits per heavy atom. The van der Waals surface area contributed by atoms with Crippen LogP contribution in [0.3, 0.4) is 0 Å². The Morgan fingerprint density at radius 1 is 1.09 bits per heavy atom.